The first-order valence-corrected chi connectivity index (χ1v) is 9.16. The van der Waals surface area contributed by atoms with E-state index >= 15 is 0 Å². The molecule has 1 aliphatic heterocycles. The zero-order chi connectivity index (χ0) is 14.7. The fraction of sp³-hybridized carbons (Fsp3) is 1.00. The van der Waals surface area contributed by atoms with Crippen molar-refractivity contribution in [2.24, 2.45) is 28.1 Å². The minimum absolute atomic E-state index is 0.0670. The van der Waals surface area contributed by atoms with Gasteiger partial charge < -0.3 is 9.84 Å². The predicted molar refractivity (Wildman–Crippen MR) is 84.0 cm³/mol. The van der Waals surface area contributed by atoms with Crippen molar-refractivity contribution in [3.05, 3.63) is 0 Å². The second kappa shape index (κ2) is 4.71. The van der Waals surface area contributed by atoms with Crippen molar-refractivity contribution < 1.29 is 9.84 Å². The number of ether oxygens (including phenoxy) is 1. The lowest BCUT2D eigenvalue weighted by Gasteiger charge is -2.66. The third kappa shape index (κ3) is 2.47. The fourth-order valence-electron chi connectivity index (χ4n) is 7.46. The highest BCUT2D eigenvalue weighted by Gasteiger charge is 2.62. The van der Waals surface area contributed by atoms with Gasteiger partial charge in [-0.15, -0.1) is 0 Å². The molecule has 5 fully saturated rings. The van der Waals surface area contributed by atoms with Gasteiger partial charge in [-0.05, 0) is 85.9 Å². The first-order valence-electron chi connectivity index (χ1n) is 9.16. The summed E-state index contributed by atoms with van der Waals surface area (Å²) in [6.07, 6.45) is 11.4. The summed E-state index contributed by atoms with van der Waals surface area (Å²) in [5, 5.41) is 11.2. The minimum Gasteiger partial charge on any atom is -0.393 e. The number of hydrogen-bond donors (Lipinski definition) is 1. The number of aliphatic hydroxyl groups is 1. The van der Waals surface area contributed by atoms with E-state index < -0.39 is 0 Å². The third-order valence-corrected chi connectivity index (χ3v) is 7.27. The molecular weight excluding hydrogens is 260 g/mol. The van der Waals surface area contributed by atoms with Gasteiger partial charge in [-0.1, -0.05) is 13.8 Å². The Morgan fingerprint density at radius 1 is 1.00 bits per heavy atom. The Labute approximate surface area is 129 Å². The van der Waals surface area contributed by atoms with Gasteiger partial charge in [-0.2, -0.15) is 0 Å². The maximum Gasteiger partial charge on any atom is 0.0599 e. The molecule has 5 rings (SSSR count). The molecule has 2 heteroatoms. The van der Waals surface area contributed by atoms with E-state index in [1.807, 2.05) is 0 Å². The van der Waals surface area contributed by atoms with Crippen molar-refractivity contribution in [3.63, 3.8) is 0 Å². The standard InChI is InChI=1S/C19H32O2/c1-17-8-15-9-18(2,11-17)13-19(10-15,12-17)16(20)7-14-3-5-21-6-4-14/h14-16,20H,3-13H2,1-2H3. The molecular formula is C19H32O2. The Morgan fingerprint density at radius 3 is 2.19 bits per heavy atom. The molecule has 21 heavy (non-hydrogen) atoms. The van der Waals surface area contributed by atoms with Crippen LogP contribution in [0.4, 0.5) is 0 Å². The van der Waals surface area contributed by atoms with Gasteiger partial charge in [0.25, 0.3) is 0 Å². The smallest absolute Gasteiger partial charge is 0.0599 e. The summed E-state index contributed by atoms with van der Waals surface area (Å²) in [6, 6.07) is 0. The minimum atomic E-state index is -0.0670. The maximum atomic E-state index is 11.2. The van der Waals surface area contributed by atoms with Crippen LogP contribution < -0.4 is 0 Å². The first kappa shape index (κ1) is 14.5. The molecule has 1 N–H and O–H groups in total. The van der Waals surface area contributed by atoms with Crippen LogP contribution in [0.1, 0.15) is 71.6 Å². The molecule has 0 amide bonds. The summed E-state index contributed by atoms with van der Waals surface area (Å²) in [7, 11) is 0. The van der Waals surface area contributed by atoms with Gasteiger partial charge >= 0.3 is 0 Å². The monoisotopic (exact) mass is 292 g/mol. The fourth-order valence-corrected chi connectivity index (χ4v) is 7.46. The van der Waals surface area contributed by atoms with Crippen molar-refractivity contribution >= 4 is 0 Å². The molecule has 1 heterocycles. The van der Waals surface area contributed by atoms with Crippen LogP contribution in [-0.2, 0) is 4.74 Å². The van der Waals surface area contributed by atoms with Gasteiger partial charge in [0.2, 0.25) is 0 Å². The van der Waals surface area contributed by atoms with Gasteiger partial charge in [0.15, 0.2) is 0 Å². The number of hydrogen-bond acceptors (Lipinski definition) is 2. The molecule has 120 valence electrons. The van der Waals surface area contributed by atoms with E-state index in [0.717, 1.165) is 38.4 Å². The summed E-state index contributed by atoms with van der Waals surface area (Å²) in [5.74, 6) is 1.59. The van der Waals surface area contributed by atoms with E-state index in [-0.39, 0.29) is 11.5 Å². The molecule has 0 aromatic carbocycles. The van der Waals surface area contributed by atoms with Gasteiger partial charge in [0, 0.05) is 13.2 Å². The summed E-state index contributed by atoms with van der Waals surface area (Å²) in [5.41, 5.74) is 1.29. The quantitative estimate of drug-likeness (QED) is 0.846. The zero-order valence-electron chi connectivity index (χ0n) is 13.9. The van der Waals surface area contributed by atoms with Crippen molar-refractivity contribution in [1.82, 2.24) is 0 Å². The van der Waals surface area contributed by atoms with E-state index in [4.69, 9.17) is 4.74 Å². The molecule has 4 aliphatic carbocycles. The van der Waals surface area contributed by atoms with Crippen LogP contribution in [0.2, 0.25) is 0 Å². The molecule has 1 saturated heterocycles. The summed E-state index contributed by atoms with van der Waals surface area (Å²) in [6.45, 7) is 6.82. The van der Waals surface area contributed by atoms with Crippen LogP contribution in [0.3, 0.4) is 0 Å². The summed E-state index contributed by atoms with van der Waals surface area (Å²) >= 11 is 0. The second-order valence-corrected chi connectivity index (χ2v) is 9.80. The van der Waals surface area contributed by atoms with Crippen molar-refractivity contribution in [2.75, 3.05) is 13.2 Å². The molecule has 0 spiro atoms. The lowest BCUT2D eigenvalue weighted by molar-refractivity contribution is -0.189. The van der Waals surface area contributed by atoms with Gasteiger partial charge in [-0.3, -0.25) is 0 Å². The van der Waals surface area contributed by atoms with Crippen LogP contribution in [0, 0.1) is 28.1 Å². The lowest BCUT2D eigenvalue weighted by Crippen LogP contribution is -2.59. The Bertz CT molecular complexity index is 394. The zero-order valence-corrected chi connectivity index (χ0v) is 13.9. The molecule has 0 aromatic heterocycles. The number of rotatable bonds is 3. The second-order valence-electron chi connectivity index (χ2n) is 9.80. The van der Waals surface area contributed by atoms with Crippen LogP contribution >= 0.6 is 0 Å². The van der Waals surface area contributed by atoms with Crippen LogP contribution in [0.25, 0.3) is 0 Å². The predicted octanol–water partition coefficient (Wildman–Crippen LogP) is 4.16. The van der Waals surface area contributed by atoms with E-state index in [0.29, 0.717) is 16.7 Å². The van der Waals surface area contributed by atoms with Crippen molar-refractivity contribution in [1.29, 1.82) is 0 Å². The highest BCUT2D eigenvalue weighted by molar-refractivity contribution is 5.12. The lowest BCUT2D eigenvalue weighted by atomic mass is 9.39. The van der Waals surface area contributed by atoms with Crippen LogP contribution in [-0.4, -0.2) is 24.4 Å². The molecule has 3 atom stereocenters. The Hall–Kier alpha value is -0.0800. The Morgan fingerprint density at radius 2 is 1.62 bits per heavy atom. The van der Waals surface area contributed by atoms with E-state index in [1.165, 1.54) is 38.5 Å². The van der Waals surface area contributed by atoms with Gasteiger partial charge in [-0.25, -0.2) is 0 Å². The maximum absolute atomic E-state index is 11.2. The van der Waals surface area contributed by atoms with Gasteiger partial charge in [0.05, 0.1) is 6.10 Å². The highest BCUT2D eigenvalue weighted by Crippen LogP contribution is 2.70. The molecule has 5 aliphatic rings. The highest BCUT2D eigenvalue weighted by atomic mass is 16.5. The third-order valence-electron chi connectivity index (χ3n) is 7.27. The summed E-state index contributed by atoms with van der Waals surface area (Å²) < 4.78 is 5.48. The molecule has 0 radical (unpaired) electrons. The molecule has 2 nitrogen and oxygen atoms in total. The van der Waals surface area contributed by atoms with Crippen LogP contribution in [0.15, 0.2) is 0 Å². The van der Waals surface area contributed by atoms with Gasteiger partial charge in [0.1, 0.15) is 0 Å². The molecule has 0 aromatic rings. The normalized spacial score (nSPS) is 51.3. The average Bonchev–Trinajstić information content (AvgIpc) is 2.35. The van der Waals surface area contributed by atoms with Crippen molar-refractivity contribution in [3.8, 4) is 0 Å². The molecule has 4 saturated carbocycles. The average molecular weight is 292 g/mol. The largest absolute Gasteiger partial charge is 0.393 e. The van der Waals surface area contributed by atoms with Crippen LogP contribution in [0.5, 0.6) is 0 Å². The SMILES string of the molecule is CC12CC3CC(C)(C1)CC(C(O)CC1CCOCC1)(C3)C2. The topological polar surface area (TPSA) is 29.5 Å². The number of aliphatic hydroxyl groups excluding tert-OH is 1. The molecule has 3 unspecified atom stereocenters. The molecule has 4 bridgehead atoms. The van der Waals surface area contributed by atoms with E-state index in [9.17, 15) is 5.11 Å². The first-order chi connectivity index (χ1) is 9.91. The Kier molecular flexibility index (Phi) is 3.25. The van der Waals surface area contributed by atoms with E-state index in [1.54, 1.807) is 0 Å². The van der Waals surface area contributed by atoms with Crippen molar-refractivity contribution in [2.45, 2.75) is 77.7 Å². The van der Waals surface area contributed by atoms with E-state index in [2.05, 4.69) is 13.8 Å². The Balaban J connectivity index is 1.53. The summed E-state index contributed by atoms with van der Waals surface area (Å²) in [4.78, 5) is 0.